The third-order valence-corrected chi connectivity index (χ3v) is 4.53. The highest BCUT2D eigenvalue weighted by atomic mass is 32.2. The Morgan fingerprint density at radius 1 is 1.50 bits per heavy atom. The first kappa shape index (κ1) is 14.6. The van der Waals surface area contributed by atoms with Crippen molar-refractivity contribution in [2.75, 3.05) is 12.9 Å². The molecule has 0 radical (unpaired) electrons. The summed E-state index contributed by atoms with van der Waals surface area (Å²) in [6.45, 7) is 0.427. The van der Waals surface area contributed by atoms with Crippen LogP contribution >= 0.6 is 0 Å². The average molecular weight is 298 g/mol. The van der Waals surface area contributed by atoms with Crippen molar-refractivity contribution in [3.05, 3.63) is 24.3 Å². The van der Waals surface area contributed by atoms with E-state index in [1.165, 1.54) is 12.1 Å². The molecule has 0 atom stereocenters. The quantitative estimate of drug-likeness (QED) is 0.357. The summed E-state index contributed by atoms with van der Waals surface area (Å²) in [6, 6.07) is 6.41. The summed E-state index contributed by atoms with van der Waals surface area (Å²) in [6.07, 6.45) is 3.55. The van der Waals surface area contributed by atoms with Crippen molar-refractivity contribution in [3.63, 3.8) is 0 Å². The monoisotopic (exact) mass is 298 g/mol. The third kappa shape index (κ3) is 3.63. The van der Waals surface area contributed by atoms with Gasteiger partial charge in [0.05, 0.1) is 11.5 Å². The molecule has 20 heavy (non-hydrogen) atoms. The van der Waals surface area contributed by atoms with E-state index in [0.717, 1.165) is 19.1 Å². The van der Waals surface area contributed by atoms with Gasteiger partial charge in [-0.1, -0.05) is 11.2 Å². The van der Waals surface area contributed by atoms with Crippen LogP contribution in [-0.2, 0) is 9.84 Å². The van der Waals surface area contributed by atoms with Crippen molar-refractivity contribution in [1.82, 2.24) is 0 Å². The highest BCUT2D eigenvalue weighted by molar-refractivity contribution is 7.90. The standard InChI is InChI=1S/C13H18N2O4S/c1-20(17,18)11-4-2-3-10(7-11)19-9-13(5-6-13)8-12(14)15-16/h2-4,7,16H,5-6,8-9H2,1H3,(H2,14,15). The zero-order valence-corrected chi connectivity index (χ0v) is 12.1. The second-order valence-corrected chi connectivity index (χ2v) is 7.32. The number of rotatable bonds is 6. The molecule has 0 heterocycles. The number of hydrogen-bond acceptors (Lipinski definition) is 5. The summed E-state index contributed by atoms with van der Waals surface area (Å²) in [5.74, 6) is 0.703. The van der Waals surface area contributed by atoms with Crippen LogP contribution in [0.3, 0.4) is 0 Å². The Kier molecular flexibility index (Phi) is 3.89. The van der Waals surface area contributed by atoms with Crippen molar-refractivity contribution >= 4 is 15.7 Å². The Hall–Kier alpha value is -1.76. The fraction of sp³-hybridized carbons (Fsp3) is 0.462. The van der Waals surface area contributed by atoms with Gasteiger partial charge in [0.25, 0.3) is 0 Å². The maximum Gasteiger partial charge on any atom is 0.175 e. The molecule has 0 aliphatic heterocycles. The summed E-state index contributed by atoms with van der Waals surface area (Å²) in [5.41, 5.74) is 5.43. The summed E-state index contributed by atoms with van der Waals surface area (Å²) < 4.78 is 28.6. The summed E-state index contributed by atoms with van der Waals surface area (Å²) in [4.78, 5) is 0.233. The van der Waals surface area contributed by atoms with Gasteiger partial charge in [0.15, 0.2) is 9.84 Å². The lowest BCUT2D eigenvalue weighted by atomic mass is 10.0. The molecule has 1 saturated carbocycles. The predicted octanol–water partition coefficient (Wildman–Crippen LogP) is 1.39. The van der Waals surface area contributed by atoms with Gasteiger partial charge in [-0.2, -0.15) is 0 Å². The number of oxime groups is 1. The van der Waals surface area contributed by atoms with Gasteiger partial charge in [0.2, 0.25) is 0 Å². The molecule has 0 aromatic heterocycles. The Bertz CT molecular complexity index is 621. The van der Waals surface area contributed by atoms with Gasteiger partial charge in [-0.3, -0.25) is 0 Å². The fourth-order valence-corrected chi connectivity index (χ4v) is 2.66. The van der Waals surface area contributed by atoms with Crippen molar-refractivity contribution < 1.29 is 18.4 Å². The minimum Gasteiger partial charge on any atom is -0.493 e. The molecule has 7 heteroatoms. The molecule has 2 rings (SSSR count). The van der Waals surface area contributed by atoms with Gasteiger partial charge in [0.1, 0.15) is 11.6 Å². The molecule has 0 spiro atoms. The van der Waals surface area contributed by atoms with E-state index in [2.05, 4.69) is 5.16 Å². The molecule has 3 N–H and O–H groups in total. The smallest absolute Gasteiger partial charge is 0.175 e. The van der Waals surface area contributed by atoms with E-state index >= 15 is 0 Å². The molecule has 0 bridgehead atoms. The molecule has 1 aliphatic carbocycles. The Morgan fingerprint density at radius 3 is 2.75 bits per heavy atom. The van der Waals surface area contributed by atoms with Crippen LogP contribution in [0, 0.1) is 5.41 Å². The SMILES string of the molecule is CS(=O)(=O)c1cccc(OCC2(CC(N)=NO)CC2)c1. The highest BCUT2D eigenvalue weighted by Gasteiger charge is 2.44. The van der Waals surface area contributed by atoms with Crippen LogP contribution in [0.25, 0.3) is 0 Å². The van der Waals surface area contributed by atoms with Gasteiger partial charge in [-0.15, -0.1) is 0 Å². The van der Waals surface area contributed by atoms with Crippen LogP contribution in [0.2, 0.25) is 0 Å². The van der Waals surface area contributed by atoms with Crippen molar-refractivity contribution in [2.24, 2.45) is 16.3 Å². The second-order valence-electron chi connectivity index (χ2n) is 5.30. The van der Waals surface area contributed by atoms with E-state index in [4.69, 9.17) is 15.7 Å². The molecule has 1 aliphatic rings. The fourth-order valence-electron chi connectivity index (χ4n) is 2.00. The molecule has 0 saturated heterocycles. The van der Waals surface area contributed by atoms with E-state index in [1.807, 2.05) is 0 Å². The molecule has 0 amide bonds. The minimum atomic E-state index is -3.24. The molecule has 1 aromatic rings. The van der Waals surface area contributed by atoms with Crippen LogP contribution in [0.5, 0.6) is 5.75 Å². The lowest BCUT2D eigenvalue weighted by Crippen LogP contribution is -2.22. The Labute approximate surface area is 118 Å². The first-order valence-corrected chi connectivity index (χ1v) is 8.13. The van der Waals surface area contributed by atoms with Gasteiger partial charge in [-0.05, 0) is 31.0 Å². The second kappa shape index (κ2) is 5.32. The number of amidine groups is 1. The minimum absolute atomic E-state index is 0.0859. The number of sulfone groups is 1. The normalized spacial score (nSPS) is 17.8. The lowest BCUT2D eigenvalue weighted by molar-refractivity contribution is 0.236. The van der Waals surface area contributed by atoms with Crippen LogP contribution in [0.1, 0.15) is 19.3 Å². The van der Waals surface area contributed by atoms with Crippen molar-refractivity contribution in [2.45, 2.75) is 24.2 Å². The van der Waals surface area contributed by atoms with Gasteiger partial charge in [-0.25, -0.2) is 8.42 Å². The maximum atomic E-state index is 11.5. The van der Waals surface area contributed by atoms with Crippen molar-refractivity contribution in [1.29, 1.82) is 0 Å². The number of ether oxygens (including phenoxy) is 1. The molecule has 110 valence electrons. The highest BCUT2D eigenvalue weighted by Crippen LogP contribution is 2.49. The Balaban J connectivity index is 2.02. The van der Waals surface area contributed by atoms with Crippen LogP contribution in [-0.4, -0.2) is 32.3 Å². The predicted molar refractivity (Wildman–Crippen MR) is 74.7 cm³/mol. The first-order valence-electron chi connectivity index (χ1n) is 6.24. The van der Waals surface area contributed by atoms with Crippen LogP contribution < -0.4 is 10.5 Å². The third-order valence-electron chi connectivity index (χ3n) is 3.42. The molecule has 6 nitrogen and oxygen atoms in total. The van der Waals surface area contributed by atoms with E-state index in [1.54, 1.807) is 12.1 Å². The van der Waals surface area contributed by atoms with Crippen LogP contribution in [0.4, 0.5) is 0 Å². The maximum absolute atomic E-state index is 11.5. The molecular formula is C13H18N2O4S. The van der Waals surface area contributed by atoms with E-state index in [9.17, 15) is 8.42 Å². The van der Waals surface area contributed by atoms with Crippen LogP contribution in [0.15, 0.2) is 34.3 Å². The summed E-state index contributed by atoms with van der Waals surface area (Å²) in [7, 11) is -3.24. The zero-order valence-electron chi connectivity index (χ0n) is 11.2. The molecular weight excluding hydrogens is 280 g/mol. The number of nitrogens with zero attached hydrogens (tertiary/aromatic N) is 1. The van der Waals surface area contributed by atoms with E-state index in [0.29, 0.717) is 18.8 Å². The lowest BCUT2D eigenvalue weighted by Gasteiger charge is -2.15. The molecule has 1 aromatic carbocycles. The average Bonchev–Trinajstić information content (AvgIpc) is 3.16. The van der Waals surface area contributed by atoms with Gasteiger partial charge >= 0.3 is 0 Å². The van der Waals surface area contributed by atoms with E-state index < -0.39 is 9.84 Å². The van der Waals surface area contributed by atoms with Gasteiger partial charge < -0.3 is 15.7 Å². The largest absolute Gasteiger partial charge is 0.493 e. The number of nitrogens with two attached hydrogens (primary N) is 1. The summed E-state index contributed by atoms with van der Waals surface area (Å²) in [5, 5.41) is 11.6. The molecule has 0 unspecified atom stereocenters. The zero-order chi connectivity index (χ0) is 14.8. The Morgan fingerprint density at radius 2 is 2.20 bits per heavy atom. The number of hydrogen-bond donors (Lipinski definition) is 2. The summed E-state index contributed by atoms with van der Waals surface area (Å²) >= 11 is 0. The molecule has 1 fully saturated rings. The first-order chi connectivity index (χ1) is 9.35. The topological polar surface area (TPSA) is 102 Å². The number of benzene rings is 1. The van der Waals surface area contributed by atoms with Gasteiger partial charge in [0, 0.05) is 18.1 Å². The van der Waals surface area contributed by atoms with E-state index in [-0.39, 0.29) is 16.1 Å². The van der Waals surface area contributed by atoms with Crippen molar-refractivity contribution in [3.8, 4) is 5.75 Å².